The number of hydrogen-bond acceptors (Lipinski definition) is 11. The molecule has 3 heterocycles. The van der Waals surface area contributed by atoms with Crippen LogP contribution in [0, 0.1) is 13.8 Å². The van der Waals surface area contributed by atoms with Crippen LogP contribution >= 0.6 is 11.6 Å². The minimum Gasteiger partial charge on any atom is -0.478 e. The third-order valence-electron chi connectivity index (χ3n) is 11.4. The van der Waals surface area contributed by atoms with Crippen molar-refractivity contribution in [3.63, 3.8) is 0 Å². The first kappa shape index (κ1) is 49.4. The average molecular weight is 912 g/mol. The lowest BCUT2D eigenvalue weighted by Gasteiger charge is -2.39. The number of carboxylic acids is 2. The van der Waals surface area contributed by atoms with E-state index in [1.165, 1.54) is 54.1 Å². The van der Waals surface area contributed by atoms with Crippen LogP contribution in [0.5, 0.6) is 0 Å². The van der Waals surface area contributed by atoms with E-state index in [1.54, 1.807) is 48.0 Å². The van der Waals surface area contributed by atoms with Gasteiger partial charge in [-0.25, -0.2) is 24.2 Å². The normalized spacial score (nSPS) is 16.6. The van der Waals surface area contributed by atoms with E-state index in [2.05, 4.69) is 27.3 Å². The first-order valence-corrected chi connectivity index (χ1v) is 21.7. The van der Waals surface area contributed by atoms with Crippen molar-refractivity contribution in [2.24, 2.45) is 0 Å². The van der Waals surface area contributed by atoms with Crippen molar-refractivity contribution in [1.29, 1.82) is 0 Å². The van der Waals surface area contributed by atoms with Gasteiger partial charge in [0.1, 0.15) is 11.9 Å². The fourth-order valence-corrected chi connectivity index (χ4v) is 7.70. The zero-order chi connectivity index (χ0) is 47.4. The highest BCUT2D eigenvalue weighted by molar-refractivity contribution is 6.31. The number of esters is 2. The van der Waals surface area contributed by atoms with Crippen LogP contribution in [0.25, 0.3) is 0 Å². The summed E-state index contributed by atoms with van der Waals surface area (Å²) in [5.41, 5.74) is 3.49. The summed E-state index contributed by atoms with van der Waals surface area (Å²) < 4.78 is 9.52. The Hall–Kier alpha value is -6.65. The molecule has 4 aromatic rings. The second-order valence-electron chi connectivity index (χ2n) is 16.1. The van der Waals surface area contributed by atoms with E-state index in [1.807, 2.05) is 26.8 Å². The number of hydrogen-bond donors (Lipinski definition) is 3. The van der Waals surface area contributed by atoms with Crippen molar-refractivity contribution >= 4 is 59.0 Å². The molecule has 17 heteroatoms. The van der Waals surface area contributed by atoms with E-state index in [0.717, 1.165) is 49.5 Å². The number of nitrogens with one attached hydrogen (secondary N) is 1. The van der Waals surface area contributed by atoms with E-state index in [-0.39, 0.29) is 40.9 Å². The third kappa shape index (κ3) is 13.2. The van der Waals surface area contributed by atoms with Crippen LogP contribution in [0.2, 0.25) is 5.02 Å². The Balaban J connectivity index is 0.000000265. The lowest BCUT2D eigenvalue weighted by atomic mass is 10.0. The van der Waals surface area contributed by atoms with Crippen LogP contribution in [0.4, 0.5) is 5.82 Å². The zero-order valence-electron chi connectivity index (χ0n) is 36.9. The number of likely N-dealkylation sites (tertiary alicyclic amines) is 2. The standard InChI is InChI=1S/C30H40ClN5O3.C18H14O8/c1-6-21(4)34(5)30(39)23-16-20(3)32-27(17-23)33-29(38)26-9-10-28(37)36(26)24-11-13-35(14-12-24)18-22-7-8-25(31)19(2)15-22;19-15(20)13(25-17(23)11-7-3-1-4-8-11)14(16(21)22)26-18(24)12-9-5-2-6-10-12/h7-8,15-17,21,24,26H,6,9-14,18H2,1-5H3,(H,32,33,38);1-10,13-14H,(H,19,20)(H,21,22)/t21?,26-;/m1./s1. The Kier molecular flexibility index (Phi) is 17.3. The summed E-state index contributed by atoms with van der Waals surface area (Å²) in [5.74, 6) is -5.61. The number of carbonyl (C=O) groups excluding carboxylic acids is 5. The Morgan fingerprint density at radius 3 is 1.88 bits per heavy atom. The predicted octanol–water partition coefficient (Wildman–Crippen LogP) is 6.42. The quantitative estimate of drug-likeness (QED) is 0.110. The molecular weight excluding hydrogens is 858 g/mol. The van der Waals surface area contributed by atoms with Crippen molar-refractivity contribution in [3.8, 4) is 0 Å². The van der Waals surface area contributed by atoms with Crippen LogP contribution in [0.15, 0.2) is 91.0 Å². The molecule has 6 rings (SSSR count). The van der Waals surface area contributed by atoms with Crippen LogP contribution in [-0.2, 0) is 35.2 Å². The number of anilines is 1. The number of aromatic nitrogens is 1. The molecule has 0 saturated carbocycles. The molecule has 2 fully saturated rings. The summed E-state index contributed by atoms with van der Waals surface area (Å²) in [6.07, 6.45) is -1.07. The largest absolute Gasteiger partial charge is 0.478 e. The number of benzene rings is 3. The monoisotopic (exact) mass is 911 g/mol. The SMILES string of the molecule is CCC(C)N(C)C(=O)c1cc(C)nc(NC(=O)[C@H]2CCC(=O)N2C2CCN(Cc3ccc(Cl)c(C)c3)CC2)c1.O=C(OC(C(=O)O)C(OC(=O)c1ccccc1)C(=O)O)c1ccccc1. The van der Waals surface area contributed by atoms with E-state index in [4.69, 9.17) is 21.1 Å². The van der Waals surface area contributed by atoms with Gasteiger partial charge in [0, 0.05) is 61.5 Å². The molecule has 344 valence electrons. The highest BCUT2D eigenvalue weighted by atomic mass is 35.5. The summed E-state index contributed by atoms with van der Waals surface area (Å²) in [4.78, 5) is 96.5. The van der Waals surface area contributed by atoms with Gasteiger partial charge in [0.15, 0.2) is 0 Å². The second-order valence-corrected chi connectivity index (χ2v) is 16.5. The lowest BCUT2D eigenvalue weighted by molar-refractivity contribution is -0.166. The Bertz CT molecular complexity index is 2290. The number of amides is 3. The van der Waals surface area contributed by atoms with Crippen molar-refractivity contribution in [1.82, 2.24) is 19.7 Å². The van der Waals surface area contributed by atoms with Gasteiger partial charge >= 0.3 is 23.9 Å². The van der Waals surface area contributed by atoms with Crippen molar-refractivity contribution in [2.75, 3.05) is 25.5 Å². The smallest absolute Gasteiger partial charge is 0.349 e. The summed E-state index contributed by atoms with van der Waals surface area (Å²) in [6.45, 7) is 10.4. The number of halogens is 1. The number of piperidine rings is 1. The molecule has 65 heavy (non-hydrogen) atoms. The predicted molar refractivity (Wildman–Crippen MR) is 240 cm³/mol. The highest BCUT2D eigenvalue weighted by Crippen LogP contribution is 2.29. The maximum atomic E-state index is 13.4. The molecule has 3 unspecified atom stereocenters. The van der Waals surface area contributed by atoms with E-state index < -0.39 is 42.1 Å². The third-order valence-corrected chi connectivity index (χ3v) is 11.8. The van der Waals surface area contributed by atoms with E-state index in [0.29, 0.717) is 29.9 Å². The number of carboxylic acid groups (broad SMARTS) is 2. The Morgan fingerprint density at radius 2 is 1.37 bits per heavy atom. The summed E-state index contributed by atoms with van der Waals surface area (Å²) in [5, 5.41) is 22.2. The maximum Gasteiger partial charge on any atom is 0.349 e. The van der Waals surface area contributed by atoms with Crippen LogP contribution in [-0.4, -0.2) is 122 Å². The second kappa shape index (κ2) is 22.8. The average Bonchev–Trinajstić information content (AvgIpc) is 3.69. The number of carbonyl (C=O) groups is 7. The highest BCUT2D eigenvalue weighted by Gasteiger charge is 2.42. The van der Waals surface area contributed by atoms with Gasteiger partial charge in [-0.2, -0.15) is 0 Å². The molecule has 2 aliphatic rings. The Labute approximate surface area is 382 Å². The van der Waals surface area contributed by atoms with Gasteiger partial charge in [0.25, 0.3) is 5.91 Å². The van der Waals surface area contributed by atoms with Gasteiger partial charge in [0.2, 0.25) is 24.0 Å². The molecule has 3 N–H and O–H groups in total. The zero-order valence-corrected chi connectivity index (χ0v) is 37.7. The molecule has 0 spiro atoms. The van der Waals surface area contributed by atoms with Gasteiger partial charge in [-0.15, -0.1) is 0 Å². The molecule has 2 aliphatic heterocycles. The first-order chi connectivity index (χ1) is 31.0. The van der Waals surface area contributed by atoms with Gasteiger partial charge < -0.3 is 34.8 Å². The van der Waals surface area contributed by atoms with Crippen molar-refractivity contribution in [2.45, 2.75) is 96.7 Å². The topological polar surface area (TPSA) is 213 Å². The van der Waals surface area contributed by atoms with Crippen molar-refractivity contribution in [3.05, 3.63) is 130 Å². The summed E-state index contributed by atoms with van der Waals surface area (Å²) in [7, 11) is 1.79. The number of pyridine rings is 1. The van der Waals surface area contributed by atoms with Crippen LogP contribution < -0.4 is 5.32 Å². The minimum absolute atomic E-state index is 0.0253. The van der Waals surface area contributed by atoms with Crippen LogP contribution in [0.1, 0.15) is 93.8 Å². The molecule has 16 nitrogen and oxygen atoms in total. The fraction of sp³-hybridized carbons (Fsp3) is 0.375. The summed E-state index contributed by atoms with van der Waals surface area (Å²) in [6, 6.07) is 23.9. The number of aliphatic carboxylic acids is 2. The molecular formula is C48H54ClN5O11. The number of rotatable bonds is 15. The molecule has 2 saturated heterocycles. The number of aryl methyl sites for hydroxylation is 2. The minimum atomic E-state index is -2.21. The molecule has 3 aromatic carbocycles. The van der Waals surface area contributed by atoms with Gasteiger partial charge in [-0.3, -0.25) is 19.3 Å². The molecule has 0 radical (unpaired) electrons. The maximum absolute atomic E-state index is 13.4. The fourth-order valence-electron chi connectivity index (χ4n) is 7.58. The van der Waals surface area contributed by atoms with Crippen molar-refractivity contribution < 1.29 is 53.2 Å². The molecule has 0 aliphatic carbocycles. The molecule has 1 aromatic heterocycles. The van der Waals surface area contributed by atoms with Gasteiger partial charge in [-0.1, -0.05) is 67.1 Å². The number of ether oxygens (including phenoxy) is 2. The molecule has 0 bridgehead atoms. The molecule has 4 atom stereocenters. The Morgan fingerprint density at radius 1 is 0.815 bits per heavy atom. The van der Waals surface area contributed by atoms with Gasteiger partial charge in [-0.05, 0) is 100 Å². The van der Waals surface area contributed by atoms with E-state index >= 15 is 0 Å². The lowest BCUT2D eigenvalue weighted by Crippen LogP contribution is -2.51. The van der Waals surface area contributed by atoms with E-state index in [9.17, 15) is 43.8 Å². The molecule has 3 amide bonds. The summed E-state index contributed by atoms with van der Waals surface area (Å²) >= 11 is 6.17. The first-order valence-electron chi connectivity index (χ1n) is 21.3. The number of nitrogens with zero attached hydrogens (tertiary/aromatic N) is 4. The van der Waals surface area contributed by atoms with Gasteiger partial charge in [0.05, 0.1) is 11.1 Å². The van der Waals surface area contributed by atoms with Crippen LogP contribution in [0.3, 0.4) is 0 Å².